The number of aliphatic hydroxyl groups excluding tert-OH is 1. The Kier molecular flexibility index (Phi) is 10.5. The van der Waals surface area contributed by atoms with Crippen LogP contribution >= 0.6 is 24.0 Å². The van der Waals surface area contributed by atoms with Gasteiger partial charge in [0, 0.05) is 18.8 Å². The molecule has 2 atom stereocenters. The van der Waals surface area contributed by atoms with E-state index in [0.717, 1.165) is 0 Å². The molecule has 0 spiro atoms. The number of hydrogen-bond donors (Lipinski definition) is 3. The lowest BCUT2D eigenvalue weighted by molar-refractivity contribution is 0.158. The van der Waals surface area contributed by atoms with Crippen LogP contribution in [0.25, 0.3) is 0 Å². The summed E-state index contributed by atoms with van der Waals surface area (Å²) >= 11 is 0. The van der Waals surface area contributed by atoms with Crippen LogP contribution in [0.3, 0.4) is 0 Å². The topological polar surface area (TPSA) is 104 Å². The predicted octanol–water partition coefficient (Wildman–Crippen LogP) is 1.31. The summed E-state index contributed by atoms with van der Waals surface area (Å²) in [6, 6.07) is 3.35. The molecule has 7 nitrogen and oxygen atoms in total. The zero-order chi connectivity index (χ0) is 16.6. The molecule has 0 amide bonds. The third kappa shape index (κ3) is 9.82. The molecule has 23 heavy (non-hydrogen) atoms. The van der Waals surface area contributed by atoms with Gasteiger partial charge in [-0.05, 0) is 32.4 Å². The van der Waals surface area contributed by atoms with Crippen LogP contribution in [0.15, 0.2) is 27.8 Å². The van der Waals surface area contributed by atoms with E-state index < -0.39 is 15.9 Å². The van der Waals surface area contributed by atoms with Crippen LogP contribution < -0.4 is 10.6 Å². The lowest BCUT2D eigenvalue weighted by Crippen LogP contribution is -2.43. The number of sulfone groups is 1. The van der Waals surface area contributed by atoms with Gasteiger partial charge in [-0.25, -0.2) is 8.42 Å². The first-order valence-corrected chi connectivity index (χ1v) is 9.32. The van der Waals surface area contributed by atoms with Crippen molar-refractivity contribution in [3.8, 4) is 0 Å². The molecule has 0 fully saturated rings. The van der Waals surface area contributed by atoms with Gasteiger partial charge in [0.2, 0.25) is 0 Å². The van der Waals surface area contributed by atoms with Crippen molar-refractivity contribution in [1.82, 2.24) is 10.6 Å². The Hall–Kier alpha value is -0.810. The second-order valence-electron chi connectivity index (χ2n) is 5.21. The van der Waals surface area contributed by atoms with E-state index >= 15 is 0 Å². The molecule has 134 valence electrons. The van der Waals surface area contributed by atoms with Crippen LogP contribution in [0.1, 0.15) is 32.1 Å². The molecule has 2 unspecified atom stereocenters. The molecule has 1 rings (SSSR count). The summed E-state index contributed by atoms with van der Waals surface area (Å²) in [6.07, 6.45) is 2.40. The van der Waals surface area contributed by atoms with Gasteiger partial charge in [0.05, 0.1) is 18.6 Å². The molecule has 0 aromatic carbocycles. The normalized spacial score (nSPS) is 14.7. The van der Waals surface area contributed by atoms with Crippen molar-refractivity contribution < 1.29 is 17.9 Å². The zero-order valence-corrected chi connectivity index (χ0v) is 16.8. The minimum atomic E-state index is -2.98. The van der Waals surface area contributed by atoms with E-state index in [2.05, 4.69) is 15.6 Å². The minimum absolute atomic E-state index is 0. The van der Waals surface area contributed by atoms with Crippen LogP contribution in [0.4, 0.5) is 0 Å². The van der Waals surface area contributed by atoms with E-state index in [4.69, 9.17) is 4.42 Å². The van der Waals surface area contributed by atoms with Gasteiger partial charge >= 0.3 is 0 Å². The predicted molar refractivity (Wildman–Crippen MR) is 102 cm³/mol. The summed E-state index contributed by atoms with van der Waals surface area (Å²) in [5, 5.41) is 16.1. The summed E-state index contributed by atoms with van der Waals surface area (Å²) in [7, 11) is -2.98. The molecule has 0 bridgehead atoms. The number of furan rings is 1. The zero-order valence-electron chi connectivity index (χ0n) is 13.7. The average Bonchev–Trinajstić information content (AvgIpc) is 2.96. The highest BCUT2D eigenvalue weighted by molar-refractivity contribution is 14.0. The number of guanidine groups is 1. The minimum Gasteiger partial charge on any atom is -0.467 e. The molecule has 0 saturated heterocycles. The fraction of sp³-hybridized carbons (Fsp3) is 0.643. The molecule has 0 aliphatic rings. The van der Waals surface area contributed by atoms with Gasteiger partial charge < -0.3 is 20.2 Å². The lowest BCUT2D eigenvalue weighted by atomic mass is 10.2. The van der Waals surface area contributed by atoms with Crippen molar-refractivity contribution in [2.24, 2.45) is 4.99 Å². The third-order valence-corrected chi connectivity index (χ3v) is 3.92. The van der Waals surface area contributed by atoms with E-state index in [9.17, 15) is 13.5 Å². The molecule has 0 aliphatic heterocycles. The smallest absolute Gasteiger partial charge is 0.191 e. The van der Waals surface area contributed by atoms with Crippen molar-refractivity contribution in [1.29, 1.82) is 0 Å². The number of halogens is 1. The van der Waals surface area contributed by atoms with Crippen LogP contribution in [-0.2, 0) is 9.84 Å². The number of nitrogens with one attached hydrogen (secondary N) is 2. The first-order valence-electron chi connectivity index (χ1n) is 7.26. The largest absolute Gasteiger partial charge is 0.467 e. The Balaban J connectivity index is 0.00000484. The maximum absolute atomic E-state index is 11.2. The summed E-state index contributed by atoms with van der Waals surface area (Å²) in [6.45, 7) is 4.64. The SMILES string of the molecule is CCNC(=NCC(O)c1ccco1)NC(C)CCS(C)(=O)=O.I. The van der Waals surface area contributed by atoms with Crippen molar-refractivity contribution in [3.63, 3.8) is 0 Å². The number of rotatable bonds is 8. The van der Waals surface area contributed by atoms with Crippen molar-refractivity contribution in [3.05, 3.63) is 24.2 Å². The highest BCUT2D eigenvalue weighted by atomic mass is 127. The van der Waals surface area contributed by atoms with Crippen LogP contribution in [0.2, 0.25) is 0 Å². The molecule has 1 aromatic heterocycles. The highest BCUT2D eigenvalue weighted by Crippen LogP contribution is 2.12. The number of hydrogen-bond acceptors (Lipinski definition) is 5. The molecule has 9 heteroatoms. The third-order valence-electron chi connectivity index (χ3n) is 2.94. The van der Waals surface area contributed by atoms with Crippen LogP contribution in [-0.4, -0.2) is 50.6 Å². The van der Waals surface area contributed by atoms with Gasteiger partial charge in [0.25, 0.3) is 0 Å². The first-order chi connectivity index (χ1) is 10.3. The molecule has 1 aromatic rings. The number of aliphatic hydroxyl groups is 1. The first kappa shape index (κ1) is 22.2. The lowest BCUT2D eigenvalue weighted by Gasteiger charge is -2.18. The van der Waals surface area contributed by atoms with E-state index in [1.54, 1.807) is 12.1 Å². The molecular formula is C14H26IN3O4S. The van der Waals surface area contributed by atoms with Crippen molar-refractivity contribution in [2.75, 3.05) is 25.1 Å². The standard InChI is InChI=1S/C14H25N3O4S.HI/c1-4-15-14(17-11(2)7-9-22(3,19)20)16-10-12(18)13-6-5-8-21-13;/h5-6,8,11-12,18H,4,7,9-10H2,1-3H3,(H2,15,16,17);1H. The number of aliphatic imine (C=N–C) groups is 1. The molecular weight excluding hydrogens is 433 g/mol. The molecule has 0 radical (unpaired) electrons. The van der Waals surface area contributed by atoms with Gasteiger partial charge in [-0.1, -0.05) is 0 Å². The van der Waals surface area contributed by atoms with Crippen LogP contribution in [0, 0.1) is 0 Å². The van der Waals surface area contributed by atoms with Gasteiger partial charge in [0.1, 0.15) is 21.7 Å². The van der Waals surface area contributed by atoms with E-state index in [1.165, 1.54) is 12.5 Å². The monoisotopic (exact) mass is 459 g/mol. The summed E-state index contributed by atoms with van der Waals surface area (Å²) < 4.78 is 27.5. The Bertz CT molecular complexity index is 561. The van der Waals surface area contributed by atoms with Gasteiger partial charge in [-0.15, -0.1) is 24.0 Å². The number of nitrogens with zero attached hydrogens (tertiary/aromatic N) is 1. The van der Waals surface area contributed by atoms with Crippen LogP contribution in [0.5, 0.6) is 0 Å². The molecule has 1 heterocycles. The fourth-order valence-corrected chi connectivity index (χ4v) is 2.55. The summed E-state index contributed by atoms with van der Waals surface area (Å²) in [5.41, 5.74) is 0. The fourth-order valence-electron chi connectivity index (χ4n) is 1.77. The quantitative estimate of drug-likeness (QED) is 0.308. The average molecular weight is 459 g/mol. The van der Waals surface area contributed by atoms with E-state index in [-0.39, 0.29) is 42.3 Å². The van der Waals surface area contributed by atoms with E-state index in [1.807, 2.05) is 13.8 Å². The maximum atomic E-state index is 11.2. The Labute approximate surface area is 154 Å². The maximum Gasteiger partial charge on any atom is 0.191 e. The summed E-state index contributed by atoms with van der Waals surface area (Å²) in [4.78, 5) is 4.29. The molecule has 0 aliphatic carbocycles. The van der Waals surface area contributed by atoms with E-state index in [0.29, 0.717) is 24.7 Å². The Morgan fingerprint density at radius 2 is 2.17 bits per heavy atom. The second-order valence-corrected chi connectivity index (χ2v) is 7.47. The Morgan fingerprint density at radius 3 is 2.70 bits per heavy atom. The highest BCUT2D eigenvalue weighted by Gasteiger charge is 2.12. The molecule has 0 saturated carbocycles. The summed E-state index contributed by atoms with van der Waals surface area (Å²) in [5.74, 6) is 1.12. The van der Waals surface area contributed by atoms with Gasteiger partial charge in [-0.3, -0.25) is 4.99 Å². The molecule has 3 N–H and O–H groups in total. The van der Waals surface area contributed by atoms with Gasteiger partial charge in [0.15, 0.2) is 5.96 Å². The second kappa shape index (κ2) is 10.9. The van der Waals surface area contributed by atoms with Crippen molar-refractivity contribution >= 4 is 39.8 Å². The van der Waals surface area contributed by atoms with Gasteiger partial charge in [-0.2, -0.15) is 0 Å². The van der Waals surface area contributed by atoms with Crippen molar-refractivity contribution in [2.45, 2.75) is 32.4 Å². The Morgan fingerprint density at radius 1 is 1.48 bits per heavy atom.